The number of carbonyl (C=O) groups is 2. The molecule has 1 atom stereocenters. The molecule has 148 valence electrons. The normalized spacial score (nSPS) is 16.4. The first kappa shape index (κ1) is 20.1. The molecule has 28 heavy (non-hydrogen) atoms. The first-order valence-electron chi connectivity index (χ1n) is 8.40. The molecule has 2 aromatic carbocycles. The van der Waals surface area contributed by atoms with Gasteiger partial charge in [-0.05, 0) is 31.2 Å². The molecule has 0 radical (unpaired) electrons. The molecule has 0 fully saturated rings. The maximum Gasteiger partial charge on any atom is 0.398 e. The number of fused-ring (bicyclic) bond motifs is 1. The Kier molecular flexibility index (Phi) is 5.83. The Morgan fingerprint density at radius 2 is 1.86 bits per heavy atom. The molecule has 5 nitrogen and oxygen atoms in total. The van der Waals surface area contributed by atoms with Gasteiger partial charge in [0.15, 0.2) is 6.10 Å². The third kappa shape index (κ3) is 4.78. The summed E-state index contributed by atoms with van der Waals surface area (Å²) in [5, 5.41) is 2.60. The smallest absolute Gasteiger partial charge is 0.398 e. The van der Waals surface area contributed by atoms with Gasteiger partial charge in [0.25, 0.3) is 5.91 Å². The molecule has 2 amide bonds. The van der Waals surface area contributed by atoms with Gasteiger partial charge in [-0.3, -0.25) is 14.5 Å². The minimum absolute atomic E-state index is 0.267. The summed E-state index contributed by atoms with van der Waals surface area (Å²) >= 11 is 0.591. The molecule has 0 unspecified atom stereocenters. The van der Waals surface area contributed by atoms with E-state index in [1.165, 1.54) is 17.0 Å². The van der Waals surface area contributed by atoms with E-state index in [0.717, 1.165) is 0 Å². The van der Waals surface area contributed by atoms with Gasteiger partial charge in [-0.25, -0.2) is 0 Å². The SMILES string of the molecule is C[C@@H]1Oc2ccccc2N(CC(=O)Nc2ccccc2SCC(F)(F)F)C1=O. The highest BCUT2D eigenvalue weighted by molar-refractivity contribution is 7.99. The van der Waals surface area contributed by atoms with Gasteiger partial charge in [-0.1, -0.05) is 24.3 Å². The van der Waals surface area contributed by atoms with Crippen molar-refractivity contribution in [3.63, 3.8) is 0 Å². The van der Waals surface area contributed by atoms with E-state index < -0.39 is 23.9 Å². The van der Waals surface area contributed by atoms with E-state index in [9.17, 15) is 22.8 Å². The number of ether oxygens (including phenoxy) is 1. The van der Waals surface area contributed by atoms with Crippen molar-refractivity contribution >= 4 is 35.0 Å². The van der Waals surface area contributed by atoms with Crippen LogP contribution in [0.1, 0.15) is 6.92 Å². The number of rotatable bonds is 5. The van der Waals surface area contributed by atoms with E-state index >= 15 is 0 Å². The van der Waals surface area contributed by atoms with E-state index in [0.29, 0.717) is 28.1 Å². The van der Waals surface area contributed by atoms with E-state index in [2.05, 4.69) is 5.32 Å². The van der Waals surface area contributed by atoms with Crippen molar-refractivity contribution in [1.29, 1.82) is 0 Å². The molecule has 0 spiro atoms. The summed E-state index contributed by atoms with van der Waals surface area (Å²) in [5.74, 6) is -1.46. The lowest BCUT2D eigenvalue weighted by molar-refractivity contribution is -0.127. The van der Waals surface area contributed by atoms with Gasteiger partial charge in [0.1, 0.15) is 12.3 Å². The third-order valence-electron chi connectivity index (χ3n) is 3.93. The maximum absolute atomic E-state index is 12.5. The second kappa shape index (κ2) is 8.14. The fraction of sp³-hybridized carbons (Fsp3) is 0.263. The lowest BCUT2D eigenvalue weighted by Gasteiger charge is -2.32. The summed E-state index contributed by atoms with van der Waals surface area (Å²) in [6, 6.07) is 13.1. The van der Waals surface area contributed by atoms with E-state index in [1.54, 1.807) is 43.3 Å². The predicted molar refractivity (Wildman–Crippen MR) is 101 cm³/mol. The number of carbonyl (C=O) groups excluding carboxylic acids is 2. The first-order valence-corrected chi connectivity index (χ1v) is 9.38. The van der Waals surface area contributed by atoms with Gasteiger partial charge in [0.05, 0.1) is 17.1 Å². The number of thioether (sulfide) groups is 1. The molecular formula is C19H17F3N2O3S. The summed E-state index contributed by atoms with van der Waals surface area (Å²) < 4.78 is 43.0. The average molecular weight is 410 g/mol. The van der Waals surface area contributed by atoms with Crippen molar-refractivity contribution in [2.45, 2.75) is 24.1 Å². The molecule has 9 heteroatoms. The zero-order chi connectivity index (χ0) is 20.3. The lowest BCUT2D eigenvalue weighted by atomic mass is 10.2. The second-order valence-electron chi connectivity index (χ2n) is 6.10. The molecule has 0 aromatic heterocycles. The van der Waals surface area contributed by atoms with Crippen LogP contribution >= 0.6 is 11.8 Å². The van der Waals surface area contributed by atoms with Gasteiger partial charge in [-0.2, -0.15) is 13.2 Å². The van der Waals surface area contributed by atoms with Gasteiger partial charge < -0.3 is 10.1 Å². The summed E-state index contributed by atoms with van der Waals surface area (Å²) in [4.78, 5) is 26.6. The minimum Gasteiger partial charge on any atom is -0.479 e. The number of nitrogens with zero attached hydrogens (tertiary/aromatic N) is 1. The van der Waals surface area contributed by atoms with Crippen LogP contribution in [0.4, 0.5) is 24.5 Å². The zero-order valence-electron chi connectivity index (χ0n) is 14.8. The fourth-order valence-electron chi connectivity index (χ4n) is 2.71. The molecule has 3 rings (SSSR count). The number of alkyl halides is 3. The summed E-state index contributed by atoms with van der Waals surface area (Å²) in [6.45, 7) is 1.31. The van der Waals surface area contributed by atoms with Crippen molar-refractivity contribution in [2.75, 3.05) is 22.5 Å². The zero-order valence-corrected chi connectivity index (χ0v) is 15.6. The Morgan fingerprint density at radius 3 is 2.61 bits per heavy atom. The Morgan fingerprint density at radius 1 is 1.18 bits per heavy atom. The van der Waals surface area contributed by atoms with Crippen molar-refractivity contribution in [2.24, 2.45) is 0 Å². The molecule has 0 bridgehead atoms. The van der Waals surface area contributed by atoms with Crippen LogP contribution in [0.3, 0.4) is 0 Å². The molecule has 0 saturated heterocycles. The molecule has 1 aliphatic rings. The molecule has 0 saturated carbocycles. The van der Waals surface area contributed by atoms with Gasteiger partial charge in [-0.15, -0.1) is 11.8 Å². The van der Waals surface area contributed by atoms with E-state index in [-0.39, 0.29) is 18.1 Å². The van der Waals surface area contributed by atoms with Crippen molar-refractivity contribution in [3.8, 4) is 5.75 Å². The summed E-state index contributed by atoms with van der Waals surface area (Å²) in [5.41, 5.74) is 0.740. The lowest BCUT2D eigenvalue weighted by Crippen LogP contribution is -2.47. The molecule has 0 aliphatic carbocycles. The molecule has 1 aliphatic heterocycles. The monoisotopic (exact) mass is 410 g/mol. The standard InChI is InChI=1S/C19H17F3N2O3S/c1-12-18(26)24(14-7-3-4-8-15(14)27-12)10-17(25)23-13-6-2-5-9-16(13)28-11-19(20,21)22/h2-9,12H,10-11H2,1H3,(H,23,25)/t12-/m0/s1. The predicted octanol–water partition coefficient (Wildman–Crippen LogP) is 4.09. The van der Waals surface area contributed by atoms with Crippen molar-refractivity contribution < 1.29 is 27.5 Å². The van der Waals surface area contributed by atoms with Crippen LogP contribution in [-0.4, -0.2) is 36.4 Å². The van der Waals surface area contributed by atoms with Crippen LogP contribution in [0.15, 0.2) is 53.4 Å². The number of benzene rings is 2. The van der Waals surface area contributed by atoms with Crippen LogP contribution in [0.2, 0.25) is 0 Å². The Balaban J connectivity index is 1.74. The van der Waals surface area contributed by atoms with Gasteiger partial charge in [0.2, 0.25) is 5.91 Å². The summed E-state index contributed by atoms with van der Waals surface area (Å²) in [6.07, 6.45) is -5.06. The first-order chi connectivity index (χ1) is 13.2. The van der Waals surface area contributed by atoms with Gasteiger partial charge in [0, 0.05) is 4.90 Å². The number of hydrogen-bond donors (Lipinski definition) is 1. The molecule has 2 aromatic rings. The van der Waals surface area contributed by atoms with Crippen molar-refractivity contribution in [3.05, 3.63) is 48.5 Å². The number of nitrogens with one attached hydrogen (secondary N) is 1. The second-order valence-corrected chi connectivity index (χ2v) is 7.12. The maximum atomic E-state index is 12.5. The molecule has 1 heterocycles. The molecular weight excluding hydrogens is 393 g/mol. The Bertz CT molecular complexity index is 889. The Hall–Kier alpha value is -2.68. The minimum atomic E-state index is -4.32. The third-order valence-corrected chi connectivity index (χ3v) is 5.07. The number of para-hydroxylation sites is 3. The number of hydrogen-bond acceptors (Lipinski definition) is 4. The average Bonchev–Trinajstić information content (AvgIpc) is 2.64. The molecule has 1 N–H and O–H groups in total. The fourth-order valence-corrected chi connectivity index (χ4v) is 3.48. The quantitative estimate of drug-likeness (QED) is 0.755. The number of amides is 2. The van der Waals surface area contributed by atoms with E-state index in [4.69, 9.17) is 4.74 Å². The highest BCUT2D eigenvalue weighted by Gasteiger charge is 2.32. The van der Waals surface area contributed by atoms with Crippen molar-refractivity contribution in [1.82, 2.24) is 0 Å². The number of halogens is 3. The number of anilines is 2. The van der Waals surface area contributed by atoms with Crippen LogP contribution in [0, 0.1) is 0 Å². The van der Waals surface area contributed by atoms with Gasteiger partial charge >= 0.3 is 6.18 Å². The largest absolute Gasteiger partial charge is 0.479 e. The van der Waals surface area contributed by atoms with Crippen LogP contribution in [0.25, 0.3) is 0 Å². The van der Waals surface area contributed by atoms with E-state index in [1.807, 2.05) is 0 Å². The Labute approximate surface area is 163 Å². The highest BCUT2D eigenvalue weighted by Crippen LogP contribution is 2.34. The summed E-state index contributed by atoms with van der Waals surface area (Å²) in [7, 11) is 0. The topological polar surface area (TPSA) is 58.6 Å². The van der Waals surface area contributed by atoms with Crippen LogP contribution in [0.5, 0.6) is 5.75 Å². The van der Waals surface area contributed by atoms with Crippen LogP contribution in [-0.2, 0) is 9.59 Å². The highest BCUT2D eigenvalue weighted by atomic mass is 32.2. The van der Waals surface area contributed by atoms with Crippen LogP contribution < -0.4 is 15.0 Å².